The van der Waals surface area contributed by atoms with Gasteiger partial charge in [-0.25, -0.2) is 0 Å². The molecule has 0 aliphatic carbocycles. The molecule has 0 spiro atoms. The van der Waals surface area contributed by atoms with Crippen LogP contribution in [0, 0.1) is 0 Å². The van der Waals surface area contributed by atoms with E-state index in [9.17, 15) is 9.90 Å². The second-order valence-electron chi connectivity index (χ2n) is 4.64. The van der Waals surface area contributed by atoms with Crippen LogP contribution in [-0.4, -0.2) is 35.2 Å². The van der Waals surface area contributed by atoms with E-state index in [1.807, 2.05) is 26.0 Å². The summed E-state index contributed by atoms with van der Waals surface area (Å²) < 4.78 is 0. The number of aliphatic hydroxyl groups is 1. The van der Waals surface area contributed by atoms with Crippen LogP contribution >= 0.6 is 0 Å². The van der Waals surface area contributed by atoms with Crippen molar-refractivity contribution in [2.24, 2.45) is 0 Å². The number of amides is 1. The molecule has 0 saturated heterocycles. The van der Waals surface area contributed by atoms with Gasteiger partial charge in [0.15, 0.2) is 0 Å². The molecule has 0 bridgehead atoms. The number of nitrogens with zero attached hydrogens (tertiary/aromatic N) is 1. The molecule has 5 nitrogen and oxygen atoms in total. The summed E-state index contributed by atoms with van der Waals surface area (Å²) in [6, 6.07) is 3.33. The average Bonchev–Trinajstić information content (AvgIpc) is 2.44. The Hall–Kier alpha value is -1.46. The number of pyridine rings is 1. The molecule has 0 aromatic carbocycles. The van der Waals surface area contributed by atoms with E-state index in [-0.39, 0.29) is 18.0 Å². The second-order valence-corrected chi connectivity index (χ2v) is 4.64. The molecular formula is C14H23N3O2. The number of hydrogen-bond donors (Lipinski definition) is 3. The van der Waals surface area contributed by atoms with E-state index in [4.69, 9.17) is 0 Å². The molecule has 3 N–H and O–H groups in total. The first kappa shape index (κ1) is 15.6. The summed E-state index contributed by atoms with van der Waals surface area (Å²) in [5.41, 5.74) is 0.965. The third-order valence-electron chi connectivity index (χ3n) is 3.19. The lowest BCUT2D eigenvalue weighted by Gasteiger charge is -2.23. The number of aliphatic hydroxyl groups excluding tert-OH is 1. The Kier molecular flexibility index (Phi) is 6.45. The highest BCUT2D eigenvalue weighted by Gasteiger charge is 2.25. The highest BCUT2D eigenvalue weighted by atomic mass is 16.3. The maximum absolute atomic E-state index is 12.0. The average molecular weight is 265 g/mol. The van der Waals surface area contributed by atoms with Gasteiger partial charge >= 0.3 is 0 Å². The predicted octanol–water partition coefficient (Wildman–Crippen LogP) is 1.01. The predicted molar refractivity (Wildman–Crippen MR) is 74.6 cm³/mol. The van der Waals surface area contributed by atoms with Crippen molar-refractivity contribution >= 4 is 5.91 Å². The van der Waals surface area contributed by atoms with Gasteiger partial charge in [-0.05, 0) is 38.1 Å². The van der Waals surface area contributed by atoms with Crippen LogP contribution in [0.25, 0.3) is 0 Å². The molecule has 19 heavy (non-hydrogen) atoms. The lowest BCUT2D eigenvalue weighted by atomic mass is 10.0. The van der Waals surface area contributed by atoms with Crippen molar-refractivity contribution in [3.05, 3.63) is 30.1 Å². The largest absolute Gasteiger partial charge is 0.382 e. The summed E-state index contributed by atoms with van der Waals surface area (Å²) in [5.74, 6) is -0.350. The van der Waals surface area contributed by atoms with Crippen LogP contribution in [0.1, 0.15) is 38.3 Å². The van der Waals surface area contributed by atoms with Gasteiger partial charge < -0.3 is 15.7 Å². The Morgan fingerprint density at radius 2 is 2.05 bits per heavy atom. The van der Waals surface area contributed by atoms with Gasteiger partial charge in [0.05, 0.1) is 6.04 Å². The molecule has 5 heteroatoms. The minimum Gasteiger partial charge on any atom is -0.382 e. The zero-order valence-electron chi connectivity index (χ0n) is 11.8. The van der Waals surface area contributed by atoms with E-state index in [1.54, 1.807) is 19.4 Å². The SMILES string of the molecule is CCCC(NC)C(O)C(=O)NC(C)c1ccncc1. The summed E-state index contributed by atoms with van der Waals surface area (Å²) in [6.07, 6.45) is 4.00. The van der Waals surface area contributed by atoms with Crippen LogP contribution in [-0.2, 0) is 4.79 Å². The number of nitrogens with one attached hydrogen (secondary N) is 2. The Bertz CT molecular complexity index is 384. The first-order valence-electron chi connectivity index (χ1n) is 6.65. The van der Waals surface area contributed by atoms with E-state index < -0.39 is 6.10 Å². The first-order chi connectivity index (χ1) is 9.10. The molecule has 0 fully saturated rings. The number of likely N-dealkylation sites (N-methyl/N-ethyl adjacent to an activating group) is 1. The first-order valence-corrected chi connectivity index (χ1v) is 6.65. The van der Waals surface area contributed by atoms with Crippen LogP contribution in [0.3, 0.4) is 0 Å². The molecule has 1 aromatic heterocycles. The lowest BCUT2D eigenvalue weighted by molar-refractivity contribution is -0.131. The van der Waals surface area contributed by atoms with E-state index in [1.165, 1.54) is 0 Å². The summed E-state index contributed by atoms with van der Waals surface area (Å²) >= 11 is 0. The van der Waals surface area contributed by atoms with Crippen LogP contribution in [0.4, 0.5) is 0 Å². The number of rotatable bonds is 7. The number of aromatic nitrogens is 1. The fourth-order valence-electron chi connectivity index (χ4n) is 1.99. The third-order valence-corrected chi connectivity index (χ3v) is 3.19. The normalized spacial score (nSPS) is 15.6. The van der Waals surface area contributed by atoms with Crippen LogP contribution in [0.15, 0.2) is 24.5 Å². The molecule has 0 aliphatic rings. The highest BCUT2D eigenvalue weighted by molar-refractivity contribution is 5.81. The summed E-state index contributed by atoms with van der Waals surface area (Å²) in [7, 11) is 1.75. The van der Waals surface area contributed by atoms with E-state index in [0.29, 0.717) is 0 Å². The second kappa shape index (κ2) is 7.86. The summed E-state index contributed by atoms with van der Waals surface area (Å²) in [4.78, 5) is 15.9. The minimum absolute atomic E-state index is 0.149. The number of carbonyl (C=O) groups excluding carboxylic acids is 1. The van der Waals surface area contributed by atoms with Gasteiger partial charge in [-0.15, -0.1) is 0 Å². The van der Waals surface area contributed by atoms with E-state index in [0.717, 1.165) is 18.4 Å². The zero-order valence-corrected chi connectivity index (χ0v) is 11.8. The number of carbonyl (C=O) groups is 1. The molecule has 0 radical (unpaired) electrons. The van der Waals surface area contributed by atoms with Crippen molar-refractivity contribution in [2.45, 2.75) is 44.9 Å². The molecule has 3 atom stereocenters. The summed E-state index contributed by atoms with van der Waals surface area (Å²) in [6.45, 7) is 3.91. The monoisotopic (exact) mass is 265 g/mol. The molecular weight excluding hydrogens is 242 g/mol. The van der Waals surface area contributed by atoms with Crippen molar-refractivity contribution in [3.63, 3.8) is 0 Å². The van der Waals surface area contributed by atoms with Gasteiger partial charge in [0.2, 0.25) is 0 Å². The standard InChI is InChI=1S/C14H23N3O2/c1-4-5-12(15-3)13(18)14(19)17-10(2)11-6-8-16-9-7-11/h6-10,12-13,15,18H,4-5H2,1-3H3,(H,17,19). The molecule has 1 amide bonds. The molecule has 0 aliphatic heterocycles. The molecule has 3 unspecified atom stereocenters. The smallest absolute Gasteiger partial charge is 0.250 e. The van der Waals surface area contributed by atoms with E-state index in [2.05, 4.69) is 15.6 Å². The highest BCUT2D eigenvalue weighted by Crippen LogP contribution is 2.11. The van der Waals surface area contributed by atoms with Crippen molar-refractivity contribution in [2.75, 3.05) is 7.05 Å². The van der Waals surface area contributed by atoms with Crippen molar-refractivity contribution in [1.82, 2.24) is 15.6 Å². The fourth-order valence-corrected chi connectivity index (χ4v) is 1.99. The Balaban J connectivity index is 2.58. The number of hydrogen-bond acceptors (Lipinski definition) is 4. The van der Waals surface area contributed by atoms with Gasteiger partial charge in [-0.2, -0.15) is 0 Å². The summed E-state index contributed by atoms with van der Waals surface area (Å²) in [5, 5.41) is 15.8. The fraction of sp³-hybridized carbons (Fsp3) is 0.571. The van der Waals surface area contributed by atoms with Crippen LogP contribution in [0.5, 0.6) is 0 Å². The van der Waals surface area contributed by atoms with Gasteiger partial charge in [-0.1, -0.05) is 13.3 Å². The van der Waals surface area contributed by atoms with Gasteiger partial charge in [-0.3, -0.25) is 9.78 Å². The topological polar surface area (TPSA) is 74.2 Å². The maximum Gasteiger partial charge on any atom is 0.250 e. The van der Waals surface area contributed by atoms with E-state index >= 15 is 0 Å². The zero-order chi connectivity index (χ0) is 14.3. The minimum atomic E-state index is -1.03. The Labute approximate surface area is 114 Å². The van der Waals surface area contributed by atoms with Crippen molar-refractivity contribution < 1.29 is 9.90 Å². The third kappa shape index (κ3) is 4.61. The maximum atomic E-state index is 12.0. The molecule has 1 rings (SSSR count). The molecule has 106 valence electrons. The van der Waals surface area contributed by atoms with Gasteiger partial charge in [0.25, 0.3) is 5.91 Å². The quantitative estimate of drug-likeness (QED) is 0.688. The van der Waals surface area contributed by atoms with Crippen LogP contribution in [0.2, 0.25) is 0 Å². The Morgan fingerprint density at radius 1 is 1.42 bits per heavy atom. The Morgan fingerprint density at radius 3 is 2.58 bits per heavy atom. The molecule has 1 heterocycles. The van der Waals surface area contributed by atoms with Crippen LogP contribution < -0.4 is 10.6 Å². The molecule has 1 aromatic rings. The molecule has 0 saturated carbocycles. The van der Waals surface area contributed by atoms with Gasteiger partial charge in [0.1, 0.15) is 6.10 Å². The van der Waals surface area contributed by atoms with Gasteiger partial charge in [0, 0.05) is 18.4 Å². The lowest BCUT2D eigenvalue weighted by Crippen LogP contribution is -2.48. The van der Waals surface area contributed by atoms with Crippen molar-refractivity contribution in [3.8, 4) is 0 Å². The van der Waals surface area contributed by atoms with Crippen molar-refractivity contribution in [1.29, 1.82) is 0 Å².